The van der Waals surface area contributed by atoms with E-state index >= 15 is 0 Å². The van der Waals surface area contributed by atoms with Crippen molar-refractivity contribution in [2.24, 2.45) is 0 Å². The Morgan fingerprint density at radius 2 is 1.08 bits per heavy atom. The highest BCUT2D eigenvalue weighted by Crippen LogP contribution is 2.48. The summed E-state index contributed by atoms with van der Waals surface area (Å²) in [7, 11) is 0. The first-order valence-electron chi connectivity index (χ1n) is 17.8. The molecule has 1 aliphatic carbocycles. The van der Waals surface area contributed by atoms with Gasteiger partial charge in [0.1, 0.15) is 11.2 Å². The lowest BCUT2D eigenvalue weighted by Crippen LogP contribution is -1.94. The number of hydrogen-bond donors (Lipinski definition) is 0. The molecule has 0 saturated heterocycles. The third-order valence-corrected chi connectivity index (χ3v) is 11.1. The Bertz CT molecular complexity index is 3310. The van der Waals surface area contributed by atoms with Gasteiger partial charge in [-0.3, -0.25) is 0 Å². The summed E-state index contributed by atoms with van der Waals surface area (Å²) >= 11 is 0. The molecule has 0 N–H and O–H groups in total. The lowest BCUT2D eigenvalue weighted by molar-refractivity contribution is 0.669. The van der Waals surface area contributed by atoms with Crippen LogP contribution in [0.15, 0.2) is 174 Å². The maximum atomic E-state index is 6.11. The topological polar surface area (TPSA) is 31.0 Å². The van der Waals surface area contributed by atoms with Crippen LogP contribution in [-0.2, 0) is 0 Å². The van der Waals surface area contributed by atoms with E-state index in [4.69, 9.17) is 9.40 Å². The van der Waals surface area contributed by atoms with Gasteiger partial charge in [0.25, 0.3) is 0 Å². The van der Waals surface area contributed by atoms with E-state index in [1.165, 1.54) is 71.3 Å². The van der Waals surface area contributed by atoms with Crippen molar-refractivity contribution in [1.29, 1.82) is 0 Å². The summed E-state index contributed by atoms with van der Waals surface area (Å²) in [5, 5.41) is 8.41. The van der Waals surface area contributed by atoms with Crippen LogP contribution < -0.4 is 0 Å². The Labute approximate surface area is 298 Å². The van der Waals surface area contributed by atoms with Gasteiger partial charge in [0.15, 0.2) is 0 Å². The minimum absolute atomic E-state index is 0.915. The third kappa shape index (κ3) is 3.88. The van der Waals surface area contributed by atoms with Gasteiger partial charge in [0, 0.05) is 38.2 Å². The van der Waals surface area contributed by atoms with Crippen molar-refractivity contribution in [3.05, 3.63) is 170 Å². The Morgan fingerprint density at radius 1 is 0.404 bits per heavy atom. The highest BCUT2D eigenvalue weighted by atomic mass is 16.3. The van der Waals surface area contributed by atoms with Crippen LogP contribution in [0.2, 0.25) is 0 Å². The smallest absolute Gasteiger partial charge is 0.135 e. The lowest BCUT2D eigenvalue weighted by Gasteiger charge is -2.11. The molecule has 52 heavy (non-hydrogen) atoms. The van der Waals surface area contributed by atoms with Crippen LogP contribution in [0.1, 0.15) is 0 Å². The number of benzene rings is 8. The highest BCUT2D eigenvalue weighted by Gasteiger charge is 2.22. The van der Waals surface area contributed by atoms with Crippen LogP contribution in [0.3, 0.4) is 0 Å². The van der Waals surface area contributed by atoms with Crippen LogP contribution in [0.25, 0.3) is 116 Å². The number of rotatable bonds is 3. The molecular weight excluding hydrogens is 633 g/mol. The number of hydrogen-bond acceptors (Lipinski definition) is 2. The molecule has 3 aromatic heterocycles. The number of fused-ring (bicyclic) bond motifs is 10. The Balaban J connectivity index is 0.968. The van der Waals surface area contributed by atoms with Crippen molar-refractivity contribution in [2.75, 3.05) is 0 Å². The number of furan rings is 1. The fourth-order valence-corrected chi connectivity index (χ4v) is 8.69. The van der Waals surface area contributed by atoms with Gasteiger partial charge in [-0.1, -0.05) is 103 Å². The zero-order valence-electron chi connectivity index (χ0n) is 28.0. The molecule has 11 aromatic rings. The molecule has 3 heterocycles. The van der Waals surface area contributed by atoms with E-state index in [0.29, 0.717) is 0 Å². The lowest BCUT2D eigenvalue weighted by atomic mass is 10.00. The SMILES string of the molecule is c1ccc2c(c1)-c1cccc3nc(-c4ccc5cc(-n6c7ccccc7c7cc(-c8ccc9oc%10ccccc%10c9c8)ccc76)ccc5c4)cc-2c13. The summed E-state index contributed by atoms with van der Waals surface area (Å²) in [6.45, 7) is 0. The fourth-order valence-electron chi connectivity index (χ4n) is 8.69. The van der Waals surface area contributed by atoms with Gasteiger partial charge in [0.2, 0.25) is 0 Å². The molecule has 0 unspecified atom stereocenters. The summed E-state index contributed by atoms with van der Waals surface area (Å²) in [5.41, 5.74) is 16.0. The van der Waals surface area contributed by atoms with Gasteiger partial charge in [0.05, 0.1) is 22.2 Å². The number of pyridine rings is 1. The number of para-hydroxylation sites is 2. The fraction of sp³-hybridized carbons (Fsp3) is 0. The van der Waals surface area contributed by atoms with Crippen molar-refractivity contribution in [3.63, 3.8) is 0 Å². The van der Waals surface area contributed by atoms with Crippen molar-refractivity contribution >= 4 is 65.4 Å². The van der Waals surface area contributed by atoms with Crippen LogP contribution in [0, 0.1) is 0 Å². The molecule has 3 heteroatoms. The summed E-state index contributed by atoms with van der Waals surface area (Å²) in [6.07, 6.45) is 0. The monoisotopic (exact) mass is 660 g/mol. The van der Waals surface area contributed by atoms with E-state index in [2.05, 4.69) is 162 Å². The standard InChI is InChI=1S/C49H28N2O/c1-2-9-36-35(8-1)39-12-7-13-43-49(39)42(36)28-44(50-43)33-17-16-30-25-34(21-18-29(30)24-33)51-45-14-5-3-10-37(45)40-26-31(19-22-46(40)51)32-20-23-48-41(27-32)38-11-4-6-15-47(38)52-48/h1-28H. The van der Waals surface area contributed by atoms with Gasteiger partial charge in [-0.25, -0.2) is 4.98 Å². The Kier molecular flexibility index (Phi) is 5.50. The predicted molar refractivity (Wildman–Crippen MR) is 216 cm³/mol. The molecule has 0 bridgehead atoms. The molecule has 0 radical (unpaired) electrons. The largest absolute Gasteiger partial charge is 0.456 e. The van der Waals surface area contributed by atoms with Gasteiger partial charge in [-0.05, 0) is 111 Å². The summed E-state index contributed by atoms with van der Waals surface area (Å²) in [6, 6.07) is 61.4. The first-order chi connectivity index (χ1) is 25.7. The Hall–Kier alpha value is -6.97. The minimum atomic E-state index is 0.915. The van der Waals surface area contributed by atoms with Gasteiger partial charge < -0.3 is 8.98 Å². The first-order valence-corrected chi connectivity index (χ1v) is 17.8. The average Bonchev–Trinajstić information content (AvgIpc) is 3.85. The van der Waals surface area contributed by atoms with Crippen LogP contribution >= 0.6 is 0 Å². The van der Waals surface area contributed by atoms with E-state index in [9.17, 15) is 0 Å². The van der Waals surface area contributed by atoms with E-state index in [-0.39, 0.29) is 0 Å². The van der Waals surface area contributed by atoms with E-state index in [1.54, 1.807) is 0 Å². The van der Waals surface area contributed by atoms with Gasteiger partial charge in [-0.2, -0.15) is 0 Å². The number of aromatic nitrogens is 2. The van der Waals surface area contributed by atoms with E-state index < -0.39 is 0 Å². The molecule has 0 saturated carbocycles. The van der Waals surface area contributed by atoms with Crippen LogP contribution in [0.5, 0.6) is 0 Å². The minimum Gasteiger partial charge on any atom is -0.456 e. The third-order valence-electron chi connectivity index (χ3n) is 11.1. The maximum absolute atomic E-state index is 6.11. The van der Waals surface area contributed by atoms with Gasteiger partial charge >= 0.3 is 0 Å². The highest BCUT2D eigenvalue weighted by molar-refractivity contribution is 6.15. The molecule has 3 nitrogen and oxygen atoms in total. The van der Waals surface area contributed by atoms with Crippen molar-refractivity contribution < 1.29 is 4.42 Å². The number of nitrogens with zero attached hydrogens (tertiary/aromatic N) is 2. The molecule has 0 amide bonds. The summed E-state index contributed by atoms with van der Waals surface area (Å²) < 4.78 is 8.51. The van der Waals surface area contributed by atoms with Crippen molar-refractivity contribution in [1.82, 2.24) is 9.55 Å². The summed E-state index contributed by atoms with van der Waals surface area (Å²) in [5.74, 6) is 0. The van der Waals surface area contributed by atoms with Crippen LogP contribution in [0.4, 0.5) is 0 Å². The molecule has 0 aliphatic heterocycles. The molecular formula is C49H28N2O. The first kappa shape index (κ1) is 27.8. The molecule has 240 valence electrons. The molecule has 1 aliphatic rings. The van der Waals surface area contributed by atoms with Crippen LogP contribution in [-0.4, -0.2) is 9.55 Å². The predicted octanol–water partition coefficient (Wildman–Crippen LogP) is 13.4. The second-order valence-corrected chi connectivity index (χ2v) is 13.9. The average molecular weight is 661 g/mol. The molecule has 8 aromatic carbocycles. The van der Waals surface area contributed by atoms with E-state index in [1.807, 2.05) is 12.1 Å². The quantitative estimate of drug-likeness (QED) is 0.189. The van der Waals surface area contributed by atoms with E-state index in [0.717, 1.165) is 44.4 Å². The van der Waals surface area contributed by atoms with Crippen molar-refractivity contribution in [3.8, 4) is 50.3 Å². The zero-order chi connectivity index (χ0) is 33.9. The van der Waals surface area contributed by atoms with Gasteiger partial charge in [-0.15, -0.1) is 0 Å². The molecule has 0 atom stereocenters. The summed E-state index contributed by atoms with van der Waals surface area (Å²) in [4.78, 5) is 5.17. The molecule has 0 fully saturated rings. The second-order valence-electron chi connectivity index (χ2n) is 13.9. The maximum Gasteiger partial charge on any atom is 0.135 e. The normalized spacial score (nSPS) is 12.2. The van der Waals surface area contributed by atoms with Crippen molar-refractivity contribution in [2.45, 2.75) is 0 Å². The molecule has 0 spiro atoms. The Morgan fingerprint density at radius 3 is 2.00 bits per heavy atom. The zero-order valence-corrected chi connectivity index (χ0v) is 28.0. The second kappa shape index (κ2) is 10.3. The molecule has 12 rings (SSSR count).